The van der Waals surface area contributed by atoms with Gasteiger partial charge in [0.15, 0.2) is 5.13 Å². The van der Waals surface area contributed by atoms with Crippen LogP contribution in [0.4, 0.5) is 5.13 Å². The zero-order valence-corrected chi connectivity index (χ0v) is 12.6. The summed E-state index contributed by atoms with van der Waals surface area (Å²) in [6.45, 7) is 6.74. The highest BCUT2D eigenvalue weighted by Crippen LogP contribution is 2.37. The van der Waals surface area contributed by atoms with E-state index in [1.165, 1.54) is 41.4 Å². The third kappa shape index (κ3) is 2.86. The number of rotatable bonds is 6. The van der Waals surface area contributed by atoms with Crippen LogP contribution in [0.2, 0.25) is 0 Å². The zero-order chi connectivity index (χ0) is 13.0. The maximum Gasteiger partial charge on any atom is 0.185 e. The maximum atomic E-state index is 4.89. The van der Waals surface area contributed by atoms with Crippen LogP contribution in [0.5, 0.6) is 0 Å². The molecule has 0 spiro atoms. The number of thiazole rings is 1. The van der Waals surface area contributed by atoms with Crippen molar-refractivity contribution in [2.75, 3.05) is 25.0 Å². The molecule has 3 nitrogen and oxygen atoms in total. The first-order chi connectivity index (χ1) is 8.80. The lowest BCUT2D eigenvalue weighted by molar-refractivity contribution is 0.501. The topological polar surface area (TPSA) is 28.2 Å². The molecule has 2 rings (SSSR count). The molecule has 0 fully saturated rings. The Morgan fingerprint density at radius 2 is 2.06 bits per heavy atom. The minimum atomic E-state index is 0.533. The van der Waals surface area contributed by atoms with Crippen molar-refractivity contribution in [2.45, 2.75) is 52.0 Å². The van der Waals surface area contributed by atoms with Crippen LogP contribution in [0, 0.1) is 0 Å². The molecule has 1 N–H and O–H groups in total. The molecule has 0 aromatic carbocycles. The number of nitrogens with zero attached hydrogens (tertiary/aromatic N) is 2. The number of aryl methyl sites for hydroxylation is 1. The van der Waals surface area contributed by atoms with E-state index in [4.69, 9.17) is 4.98 Å². The second kappa shape index (κ2) is 6.53. The van der Waals surface area contributed by atoms with Crippen LogP contribution in [0.1, 0.15) is 56.1 Å². The second-order valence-corrected chi connectivity index (χ2v) is 6.04. The van der Waals surface area contributed by atoms with E-state index >= 15 is 0 Å². The van der Waals surface area contributed by atoms with Gasteiger partial charge in [0.2, 0.25) is 0 Å². The fourth-order valence-corrected chi connectivity index (χ4v) is 3.97. The van der Waals surface area contributed by atoms with Gasteiger partial charge in [0.1, 0.15) is 0 Å². The van der Waals surface area contributed by atoms with E-state index in [2.05, 4.69) is 31.1 Å². The molecule has 1 aliphatic carbocycles. The van der Waals surface area contributed by atoms with Crippen molar-refractivity contribution in [1.29, 1.82) is 0 Å². The van der Waals surface area contributed by atoms with Crippen molar-refractivity contribution in [3.8, 4) is 0 Å². The number of fused-ring (bicyclic) bond motifs is 1. The van der Waals surface area contributed by atoms with E-state index in [9.17, 15) is 0 Å². The first-order valence-electron chi connectivity index (χ1n) is 7.21. The highest BCUT2D eigenvalue weighted by Gasteiger charge is 2.24. The van der Waals surface area contributed by atoms with Gasteiger partial charge in [-0.25, -0.2) is 4.98 Å². The third-order valence-electron chi connectivity index (χ3n) is 3.55. The van der Waals surface area contributed by atoms with Crippen LogP contribution in [0.3, 0.4) is 0 Å². The van der Waals surface area contributed by atoms with Crippen molar-refractivity contribution in [3.63, 3.8) is 0 Å². The maximum absolute atomic E-state index is 4.89. The molecular formula is C14H25N3S. The van der Waals surface area contributed by atoms with Gasteiger partial charge in [0.25, 0.3) is 0 Å². The van der Waals surface area contributed by atoms with Crippen molar-refractivity contribution < 1.29 is 0 Å². The molecule has 0 aliphatic heterocycles. The average molecular weight is 267 g/mol. The predicted octanol–water partition coefficient (Wildman–Crippen LogP) is 3.37. The Hall–Kier alpha value is -0.610. The number of hydrogen-bond donors (Lipinski definition) is 1. The van der Waals surface area contributed by atoms with Gasteiger partial charge in [0.05, 0.1) is 5.69 Å². The van der Waals surface area contributed by atoms with Crippen LogP contribution < -0.4 is 10.2 Å². The fourth-order valence-electron chi connectivity index (χ4n) is 2.66. The van der Waals surface area contributed by atoms with Gasteiger partial charge < -0.3 is 10.2 Å². The molecule has 18 heavy (non-hydrogen) atoms. The SMILES string of the molecule is CCCN(CCC)c1nc2c(s1)C(NC)CCC2. The van der Waals surface area contributed by atoms with Gasteiger partial charge in [-0.3, -0.25) is 0 Å². The smallest absolute Gasteiger partial charge is 0.185 e. The molecule has 102 valence electrons. The zero-order valence-electron chi connectivity index (χ0n) is 11.8. The molecule has 0 bridgehead atoms. The Labute approximate surface area is 115 Å². The standard InChI is InChI=1S/C14H25N3S/c1-4-9-17(10-5-2)14-16-12-8-6-7-11(15-3)13(12)18-14/h11,15H,4-10H2,1-3H3. The minimum absolute atomic E-state index is 0.533. The largest absolute Gasteiger partial charge is 0.348 e. The van der Waals surface area contributed by atoms with Gasteiger partial charge in [-0.05, 0) is 39.2 Å². The van der Waals surface area contributed by atoms with E-state index in [1.807, 2.05) is 11.3 Å². The van der Waals surface area contributed by atoms with Gasteiger partial charge in [-0.2, -0.15) is 0 Å². The predicted molar refractivity (Wildman–Crippen MR) is 79.6 cm³/mol. The summed E-state index contributed by atoms with van der Waals surface area (Å²) in [5.41, 5.74) is 1.35. The van der Waals surface area contributed by atoms with E-state index < -0.39 is 0 Å². The normalized spacial score (nSPS) is 18.7. The van der Waals surface area contributed by atoms with Crippen LogP contribution in [-0.4, -0.2) is 25.1 Å². The summed E-state index contributed by atoms with van der Waals surface area (Å²) >= 11 is 1.91. The molecular weight excluding hydrogens is 242 g/mol. The molecule has 0 amide bonds. The summed E-state index contributed by atoms with van der Waals surface area (Å²) in [7, 11) is 2.06. The highest BCUT2D eigenvalue weighted by atomic mass is 32.1. The third-order valence-corrected chi connectivity index (χ3v) is 4.82. The van der Waals surface area contributed by atoms with Crippen molar-refractivity contribution in [2.24, 2.45) is 0 Å². The van der Waals surface area contributed by atoms with Gasteiger partial charge >= 0.3 is 0 Å². The molecule has 1 unspecified atom stereocenters. The van der Waals surface area contributed by atoms with Crippen molar-refractivity contribution in [1.82, 2.24) is 10.3 Å². The van der Waals surface area contributed by atoms with Gasteiger partial charge in [-0.1, -0.05) is 25.2 Å². The Morgan fingerprint density at radius 3 is 2.67 bits per heavy atom. The summed E-state index contributed by atoms with van der Waals surface area (Å²) in [4.78, 5) is 8.83. The van der Waals surface area contributed by atoms with Crippen molar-refractivity contribution >= 4 is 16.5 Å². The van der Waals surface area contributed by atoms with Gasteiger partial charge in [-0.15, -0.1) is 0 Å². The van der Waals surface area contributed by atoms with E-state index in [1.54, 1.807) is 0 Å². The van der Waals surface area contributed by atoms with Crippen molar-refractivity contribution in [3.05, 3.63) is 10.6 Å². The molecule has 0 saturated carbocycles. The average Bonchev–Trinajstić information content (AvgIpc) is 2.82. The molecule has 4 heteroatoms. The molecule has 0 saturated heterocycles. The lowest BCUT2D eigenvalue weighted by Gasteiger charge is -2.20. The molecule has 1 aromatic heterocycles. The molecule has 1 heterocycles. The summed E-state index contributed by atoms with van der Waals surface area (Å²) in [5.74, 6) is 0. The Kier molecular flexibility index (Phi) is 5.01. The van der Waals surface area contributed by atoms with Crippen LogP contribution in [-0.2, 0) is 6.42 Å². The molecule has 1 atom stereocenters. The number of anilines is 1. The quantitative estimate of drug-likeness (QED) is 0.856. The molecule has 1 aromatic rings. The summed E-state index contributed by atoms with van der Waals surface area (Å²) in [6, 6.07) is 0.533. The lowest BCUT2D eigenvalue weighted by Crippen LogP contribution is -2.24. The molecule has 0 radical (unpaired) electrons. The summed E-state index contributed by atoms with van der Waals surface area (Å²) in [5, 5.41) is 4.67. The Bertz CT molecular complexity index is 369. The number of hydrogen-bond acceptors (Lipinski definition) is 4. The monoisotopic (exact) mass is 267 g/mol. The summed E-state index contributed by atoms with van der Waals surface area (Å²) < 4.78 is 0. The number of aromatic nitrogens is 1. The van der Waals surface area contributed by atoms with Crippen LogP contribution >= 0.6 is 11.3 Å². The minimum Gasteiger partial charge on any atom is -0.348 e. The van der Waals surface area contributed by atoms with E-state index in [0.29, 0.717) is 6.04 Å². The number of nitrogens with one attached hydrogen (secondary N) is 1. The van der Waals surface area contributed by atoms with E-state index in [-0.39, 0.29) is 0 Å². The van der Waals surface area contributed by atoms with E-state index in [0.717, 1.165) is 19.5 Å². The van der Waals surface area contributed by atoms with Gasteiger partial charge in [0, 0.05) is 24.0 Å². The fraction of sp³-hybridized carbons (Fsp3) is 0.786. The van der Waals surface area contributed by atoms with Crippen LogP contribution in [0.15, 0.2) is 0 Å². The first kappa shape index (κ1) is 13.8. The lowest BCUT2D eigenvalue weighted by atomic mass is 9.98. The first-order valence-corrected chi connectivity index (χ1v) is 8.03. The summed E-state index contributed by atoms with van der Waals surface area (Å²) in [6.07, 6.45) is 6.07. The van der Waals surface area contributed by atoms with Crippen LogP contribution in [0.25, 0.3) is 0 Å². The Morgan fingerprint density at radius 1 is 1.33 bits per heavy atom. The second-order valence-electron chi connectivity index (χ2n) is 5.03. The Balaban J connectivity index is 2.21. The molecule has 1 aliphatic rings. The highest BCUT2D eigenvalue weighted by molar-refractivity contribution is 7.15.